The summed E-state index contributed by atoms with van der Waals surface area (Å²) in [7, 11) is 0. The molecule has 2 saturated carbocycles. The van der Waals surface area contributed by atoms with E-state index in [9.17, 15) is 37.5 Å². The molecule has 4 rings (SSSR count). The monoisotopic (exact) mass is 475 g/mol. The number of nitrogens with zero attached hydrogens (tertiary/aromatic N) is 1. The zero-order chi connectivity index (χ0) is 24.0. The van der Waals surface area contributed by atoms with Gasteiger partial charge in [-0.15, -0.1) is 13.2 Å². The standard InChI is InChI=1S/C21H28F3N3O6/c22-21(23,24)33-10-15(28)13(8-12-2-7-25-16(12)29)26-17(30)14-9-19(5-6-19)11-27(14)18(31)20(32)3-1-4-20/h12-14,32H,1-11H2,(H,25,29)(H,26,30). The van der Waals surface area contributed by atoms with Crippen LogP contribution >= 0.6 is 0 Å². The maximum atomic E-state index is 13.2. The fourth-order valence-electron chi connectivity index (χ4n) is 4.98. The molecule has 3 unspecified atom stereocenters. The molecule has 3 amide bonds. The summed E-state index contributed by atoms with van der Waals surface area (Å²) < 4.78 is 41.0. The van der Waals surface area contributed by atoms with Gasteiger partial charge in [-0.05, 0) is 56.8 Å². The van der Waals surface area contributed by atoms with Crippen molar-refractivity contribution in [1.29, 1.82) is 0 Å². The summed E-state index contributed by atoms with van der Waals surface area (Å²) in [5, 5.41) is 15.6. The lowest BCUT2D eigenvalue weighted by atomic mass is 9.79. The predicted octanol–water partition coefficient (Wildman–Crippen LogP) is 0.399. The van der Waals surface area contributed by atoms with Gasteiger partial charge < -0.3 is 20.6 Å². The Bertz CT molecular complexity index is 840. The number of hydrogen-bond acceptors (Lipinski definition) is 6. The lowest BCUT2D eigenvalue weighted by Crippen LogP contribution is -2.58. The predicted molar refractivity (Wildman–Crippen MR) is 105 cm³/mol. The molecule has 0 aromatic heterocycles. The molecule has 184 valence electrons. The molecular formula is C21H28F3N3O6. The first-order valence-electron chi connectivity index (χ1n) is 11.3. The average Bonchev–Trinajstić information content (AvgIpc) is 3.18. The van der Waals surface area contributed by atoms with Crippen molar-refractivity contribution in [1.82, 2.24) is 15.5 Å². The number of rotatable bonds is 8. The molecule has 2 saturated heterocycles. The van der Waals surface area contributed by atoms with Gasteiger partial charge in [0, 0.05) is 19.0 Å². The van der Waals surface area contributed by atoms with Gasteiger partial charge in [0.15, 0.2) is 5.78 Å². The van der Waals surface area contributed by atoms with Gasteiger partial charge in [0.05, 0.1) is 6.04 Å². The van der Waals surface area contributed by atoms with E-state index in [1.165, 1.54) is 4.90 Å². The van der Waals surface area contributed by atoms with E-state index in [2.05, 4.69) is 15.4 Å². The Morgan fingerprint density at radius 1 is 1.24 bits per heavy atom. The number of Topliss-reactive ketones (excluding diaryl/α,β-unsaturated/α-hetero) is 1. The van der Waals surface area contributed by atoms with Crippen molar-refractivity contribution in [2.45, 2.75) is 75.4 Å². The molecule has 3 atom stereocenters. The maximum absolute atomic E-state index is 13.2. The summed E-state index contributed by atoms with van der Waals surface area (Å²) in [6, 6.07) is -2.30. The van der Waals surface area contributed by atoms with Crippen molar-refractivity contribution >= 4 is 23.5 Å². The van der Waals surface area contributed by atoms with Crippen LogP contribution in [0.25, 0.3) is 0 Å². The fraction of sp³-hybridized carbons (Fsp3) is 0.810. The van der Waals surface area contributed by atoms with Crippen molar-refractivity contribution in [2.24, 2.45) is 11.3 Å². The number of likely N-dealkylation sites (tertiary alicyclic amines) is 1. The first kappa shape index (κ1) is 23.9. The molecule has 0 bridgehead atoms. The summed E-state index contributed by atoms with van der Waals surface area (Å²) in [5.74, 6) is -3.15. The van der Waals surface area contributed by atoms with Gasteiger partial charge in [0.25, 0.3) is 5.91 Å². The number of carbonyl (C=O) groups is 4. The molecule has 4 fully saturated rings. The summed E-state index contributed by atoms with van der Waals surface area (Å²) in [4.78, 5) is 52.0. The minimum Gasteiger partial charge on any atom is -0.380 e. The van der Waals surface area contributed by atoms with Gasteiger partial charge in [0.2, 0.25) is 11.8 Å². The molecule has 12 heteroatoms. The van der Waals surface area contributed by atoms with E-state index < -0.39 is 54.2 Å². The van der Waals surface area contributed by atoms with Crippen LogP contribution in [0.3, 0.4) is 0 Å². The Hall–Kier alpha value is -2.21. The summed E-state index contributed by atoms with van der Waals surface area (Å²) >= 11 is 0. The normalized spacial score (nSPS) is 28.2. The summed E-state index contributed by atoms with van der Waals surface area (Å²) in [6.07, 6.45) is -1.41. The molecule has 4 aliphatic rings. The number of nitrogens with one attached hydrogen (secondary N) is 2. The van der Waals surface area contributed by atoms with E-state index in [4.69, 9.17) is 0 Å². The Morgan fingerprint density at radius 2 is 1.94 bits per heavy atom. The second-order valence-electron chi connectivity index (χ2n) is 9.81. The Balaban J connectivity index is 1.47. The Labute approximate surface area is 188 Å². The highest BCUT2D eigenvalue weighted by molar-refractivity contribution is 5.96. The number of alkyl halides is 3. The minimum absolute atomic E-state index is 0.159. The van der Waals surface area contributed by atoms with Crippen LogP contribution in [0.15, 0.2) is 0 Å². The number of ketones is 1. The molecule has 2 aliphatic heterocycles. The summed E-state index contributed by atoms with van der Waals surface area (Å²) in [5.41, 5.74) is -1.68. The largest absolute Gasteiger partial charge is 0.522 e. The second-order valence-corrected chi connectivity index (χ2v) is 9.81. The molecular weight excluding hydrogens is 447 g/mol. The smallest absolute Gasteiger partial charge is 0.380 e. The van der Waals surface area contributed by atoms with Crippen molar-refractivity contribution < 1.29 is 42.2 Å². The zero-order valence-electron chi connectivity index (χ0n) is 18.1. The Kier molecular flexibility index (Phi) is 6.19. The van der Waals surface area contributed by atoms with Crippen molar-refractivity contribution in [3.8, 4) is 0 Å². The van der Waals surface area contributed by atoms with E-state index in [-0.39, 0.29) is 17.7 Å². The number of amides is 3. The molecule has 33 heavy (non-hydrogen) atoms. The number of halogens is 3. The molecule has 0 aromatic carbocycles. The lowest BCUT2D eigenvalue weighted by molar-refractivity contribution is -0.321. The SMILES string of the molecule is O=C1NCCC1CC(NC(=O)C1CC2(CC2)CN1C(=O)C1(O)CCC1)C(=O)COC(F)(F)F. The number of carbonyl (C=O) groups excluding carboxylic acids is 4. The van der Waals surface area contributed by atoms with E-state index in [0.717, 1.165) is 12.8 Å². The van der Waals surface area contributed by atoms with E-state index in [1.807, 2.05) is 0 Å². The summed E-state index contributed by atoms with van der Waals surface area (Å²) in [6.45, 7) is -0.587. The Morgan fingerprint density at radius 3 is 2.45 bits per heavy atom. The van der Waals surface area contributed by atoms with Crippen LogP contribution in [0.1, 0.15) is 51.4 Å². The quantitative estimate of drug-likeness (QED) is 0.467. The third kappa shape index (κ3) is 5.16. The second kappa shape index (κ2) is 8.53. The number of hydrogen-bond donors (Lipinski definition) is 3. The first-order valence-corrected chi connectivity index (χ1v) is 11.3. The third-order valence-electron chi connectivity index (χ3n) is 7.37. The van der Waals surface area contributed by atoms with Crippen molar-refractivity contribution in [3.05, 3.63) is 0 Å². The van der Waals surface area contributed by atoms with Crippen LogP contribution in [-0.4, -0.2) is 77.3 Å². The van der Waals surface area contributed by atoms with Crippen molar-refractivity contribution in [3.63, 3.8) is 0 Å². The minimum atomic E-state index is -5.01. The van der Waals surface area contributed by atoms with E-state index >= 15 is 0 Å². The molecule has 9 nitrogen and oxygen atoms in total. The average molecular weight is 475 g/mol. The van der Waals surface area contributed by atoms with Gasteiger partial charge >= 0.3 is 6.36 Å². The fourth-order valence-corrected chi connectivity index (χ4v) is 4.98. The van der Waals surface area contributed by atoms with Crippen molar-refractivity contribution in [2.75, 3.05) is 19.7 Å². The maximum Gasteiger partial charge on any atom is 0.522 e. The third-order valence-corrected chi connectivity index (χ3v) is 7.37. The van der Waals surface area contributed by atoms with Crippen LogP contribution in [0.4, 0.5) is 13.2 Å². The van der Waals surface area contributed by atoms with Crippen LogP contribution in [0, 0.1) is 11.3 Å². The highest BCUT2D eigenvalue weighted by Gasteiger charge is 2.58. The van der Waals surface area contributed by atoms with Crippen LogP contribution in [0.2, 0.25) is 0 Å². The first-order chi connectivity index (χ1) is 15.4. The topological polar surface area (TPSA) is 125 Å². The van der Waals surface area contributed by atoms with E-state index in [1.54, 1.807) is 0 Å². The molecule has 3 N–H and O–H groups in total. The van der Waals surface area contributed by atoms with Gasteiger partial charge in [-0.2, -0.15) is 0 Å². The molecule has 2 heterocycles. The van der Waals surface area contributed by atoms with Gasteiger partial charge in [-0.3, -0.25) is 23.9 Å². The van der Waals surface area contributed by atoms with Gasteiger partial charge in [-0.25, -0.2) is 0 Å². The molecule has 0 aromatic rings. The highest BCUT2D eigenvalue weighted by atomic mass is 19.4. The van der Waals surface area contributed by atoms with Crippen LogP contribution < -0.4 is 10.6 Å². The van der Waals surface area contributed by atoms with E-state index in [0.29, 0.717) is 45.2 Å². The van der Waals surface area contributed by atoms with Gasteiger partial charge in [-0.1, -0.05) is 0 Å². The zero-order valence-corrected chi connectivity index (χ0v) is 18.1. The highest BCUT2D eigenvalue weighted by Crippen LogP contribution is 2.55. The van der Waals surface area contributed by atoms with Gasteiger partial charge in [0.1, 0.15) is 18.2 Å². The number of ether oxygens (including phenoxy) is 1. The number of aliphatic hydroxyl groups is 1. The van der Waals surface area contributed by atoms with Crippen LogP contribution in [0.5, 0.6) is 0 Å². The molecule has 2 aliphatic carbocycles. The van der Waals surface area contributed by atoms with Crippen LogP contribution in [-0.2, 0) is 23.9 Å². The lowest BCUT2D eigenvalue weighted by Gasteiger charge is -2.39. The molecule has 0 radical (unpaired) electrons. The molecule has 1 spiro atoms.